The van der Waals surface area contributed by atoms with E-state index in [0.717, 1.165) is 11.8 Å². The van der Waals surface area contributed by atoms with Crippen molar-refractivity contribution < 1.29 is 4.74 Å². The largest absolute Gasteiger partial charge is 0.479 e. The maximum absolute atomic E-state index is 9.17. The number of nitrogens with zero attached hydrogens (tertiary/aromatic N) is 2. The van der Waals surface area contributed by atoms with Gasteiger partial charge in [-0.2, -0.15) is 5.26 Å². The van der Waals surface area contributed by atoms with Crippen LogP contribution >= 0.6 is 47.2 Å². The Morgan fingerprint density at radius 1 is 1.50 bits per heavy atom. The van der Waals surface area contributed by atoms with Crippen LogP contribution in [0.1, 0.15) is 25.1 Å². The molecular formula is C11H10Cl2N2OS2. The number of nitriles is 1. The SMILES string of the molecule is CCOC(=S)Sc1c(Cl)nc(CC)c(Cl)c1C#N. The molecule has 1 aromatic heterocycles. The highest BCUT2D eigenvalue weighted by molar-refractivity contribution is 8.22. The molecule has 0 bridgehead atoms. The lowest BCUT2D eigenvalue weighted by atomic mass is 10.2. The van der Waals surface area contributed by atoms with Gasteiger partial charge >= 0.3 is 0 Å². The summed E-state index contributed by atoms with van der Waals surface area (Å²) in [6.07, 6.45) is 0.605. The minimum absolute atomic E-state index is 0.222. The molecule has 18 heavy (non-hydrogen) atoms. The molecule has 0 N–H and O–H groups in total. The Labute approximate surface area is 125 Å². The van der Waals surface area contributed by atoms with Crippen molar-refractivity contribution in [1.29, 1.82) is 5.26 Å². The van der Waals surface area contributed by atoms with Crippen LogP contribution in [0.4, 0.5) is 0 Å². The van der Waals surface area contributed by atoms with E-state index in [-0.39, 0.29) is 9.54 Å². The standard InChI is InChI=1S/C11H10Cl2N2OS2/c1-3-7-8(12)6(5-14)9(10(13)15-7)18-11(17)16-4-2/h3-4H2,1-2H3. The summed E-state index contributed by atoms with van der Waals surface area (Å²) < 4.78 is 5.44. The van der Waals surface area contributed by atoms with Crippen molar-refractivity contribution in [3.05, 3.63) is 21.4 Å². The van der Waals surface area contributed by atoms with Crippen LogP contribution in [-0.4, -0.2) is 16.0 Å². The molecule has 0 saturated heterocycles. The number of thioether (sulfide) groups is 1. The topological polar surface area (TPSA) is 45.9 Å². The predicted molar refractivity (Wildman–Crippen MR) is 78.4 cm³/mol. The Balaban J connectivity index is 3.23. The van der Waals surface area contributed by atoms with E-state index in [9.17, 15) is 0 Å². The Bertz CT molecular complexity index is 515. The van der Waals surface area contributed by atoms with Gasteiger partial charge in [0.2, 0.25) is 4.38 Å². The highest BCUT2D eigenvalue weighted by Crippen LogP contribution is 2.36. The number of pyridine rings is 1. The Hall–Kier alpha value is -0.540. The zero-order valence-corrected chi connectivity index (χ0v) is 12.9. The number of hydrogen-bond acceptors (Lipinski definition) is 5. The molecule has 7 heteroatoms. The zero-order valence-electron chi connectivity index (χ0n) is 9.79. The third-order valence-corrected chi connectivity index (χ3v) is 4.06. The fourth-order valence-corrected chi connectivity index (χ4v) is 3.00. The van der Waals surface area contributed by atoms with Gasteiger partial charge in [-0.05, 0) is 37.3 Å². The summed E-state index contributed by atoms with van der Waals surface area (Å²) in [6, 6.07) is 2.03. The molecule has 0 aliphatic heterocycles. The molecule has 1 heterocycles. The van der Waals surface area contributed by atoms with Crippen LogP contribution in [-0.2, 0) is 11.2 Å². The fraction of sp³-hybridized carbons (Fsp3) is 0.364. The summed E-state index contributed by atoms with van der Waals surface area (Å²) in [6.45, 7) is 4.17. The van der Waals surface area contributed by atoms with Gasteiger partial charge in [-0.15, -0.1) is 0 Å². The molecule has 0 unspecified atom stereocenters. The van der Waals surface area contributed by atoms with Crippen LogP contribution in [0.5, 0.6) is 0 Å². The molecule has 0 fully saturated rings. The van der Waals surface area contributed by atoms with Gasteiger partial charge in [-0.1, -0.05) is 30.1 Å². The van der Waals surface area contributed by atoms with Gasteiger partial charge in [0, 0.05) is 0 Å². The average Bonchev–Trinajstić information content (AvgIpc) is 2.34. The van der Waals surface area contributed by atoms with E-state index in [1.807, 2.05) is 19.9 Å². The third kappa shape index (κ3) is 3.48. The molecule has 0 aliphatic carbocycles. The second kappa shape index (κ2) is 7.15. The van der Waals surface area contributed by atoms with Crippen LogP contribution < -0.4 is 0 Å². The molecule has 0 radical (unpaired) electrons. The first-order valence-corrected chi connectivity index (χ1v) is 7.15. The Morgan fingerprint density at radius 3 is 2.67 bits per heavy atom. The normalized spacial score (nSPS) is 9.94. The van der Waals surface area contributed by atoms with E-state index >= 15 is 0 Å². The molecule has 0 aliphatic rings. The molecule has 0 aromatic carbocycles. The summed E-state index contributed by atoms with van der Waals surface area (Å²) in [4.78, 5) is 4.60. The van der Waals surface area contributed by atoms with Gasteiger partial charge in [0.1, 0.15) is 11.2 Å². The highest BCUT2D eigenvalue weighted by Gasteiger charge is 2.19. The van der Waals surface area contributed by atoms with Gasteiger partial charge < -0.3 is 4.74 Å². The first-order valence-electron chi connectivity index (χ1n) is 5.17. The minimum atomic E-state index is 0.222. The smallest absolute Gasteiger partial charge is 0.225 e. The van der Waals surface area contributed by atoms with Crippen molar-refractivity contribution in [2.45, 2.75) is 25.2 Å². The van der Waals surface area contributed by atoms with Gasteiger partial charge in [-0.3, -0.25) is 0 Å². The summed E-state index contributed by atoms with van der Waals surface area (Å²) in [5.41, 5.74) is 0.894. The second-order valence-electron chi connectivity index (χ2n) is 3.12. The zero-order chi connectivity index (χ0) is 13.7. The van der Waals surface area contributed by atoms with E-state index in [1.54, 1.807) is 0 Å². The van der Waals surface area contributed by atoms with Gasteiger partial charge in [0.15, 0.2) is 0 Å². The number of thiocarbonyl (C=S) groups is 1. The summed E-state index contributed by atoms with van der Waals surface area (Å²) in [5.74, 6) is 0. The third-order valence-electron chi connectivity index (χ3n) is 2.01. The molecule has 0 saturated carbocycles. The summed E-state index contributed by atoms with van der Waals surface area (Å²) in [7, 11) is 0. The summed E-state index contributed by atoms with van der Waals surface area (Å²) in [5, 5.41) is 9.72. The van der Waals surface area contributed by atoms with Crippen LogP contribution in [0.3, 0.4) is 0 Å². The molecule has 0 spiro atoms. The number of halogens is 2. The first-order chi connectivity index (χ1) is 8.54. The Kier molecular flexibility index (Phi) is 6.16. The van der Waals surface area contributed by atoms with E-state index in [4.69, 9.17) is 45.4 Å². The van der Waals surface area contributed by atoms with Crippen LogP contribution in [0.25, 0.3) is 0 Å². The summed E-state index contributed by atoms with van der Waals surface area (Å²) >= 11 is 18.3. The maximum atomic E-state index is 9.17. The van der Waals surface area contributed by atoms with Crippen molar-refractivity contribution in [3.8, 4) is 6.07 Å². The van der Waals surface area contributed by atoms with Crippen LogP contribution in [0.15, 0.2) is 4.90 Å². The monoisotopic (exact) mass is 320 g/mol. The number of ether oxygens (including phenoxy) is 1. The van der Waals surface area contributed by atoms with E-state index < -0.39 is 0 Å². The lowest BCUT2D eigenvalue weighted by molar-refractivity contribution is 0.346. The second-order valence-corrected chi connectivity index (χ2v) is 5.47. The van der Waals surface area contributed by atoms with Crippen molar-refractivity contribution in [3.63, 3.8) is 0 Å². The van der Waals surface area contributed by atoms with Crippen molar-refractivity contribution in [2.24, 2.45) is 0 Å². The lowest BCUT2D eigenvalue weighted by Gasteiger charge is -2.10. The molecule has 1 aromatic rings. The molecule has 3 nitrogen and oxygen atoms in total. The van der Waals surface area contributed by atoms with Crippen LogP contribution in [0, 0.1) is 11.3 Å². The van der Waals surface area contributed by atoms with E-state index in [1.165, 1.54) is 0 Å². The maximum Gasteiger partial charge on any atom is 0.225 e. The van der Waals surface area contributed by atoms with E-state index in [0.29, 0.717) is 34.2 Å². The Morgan fingerprint density at radius 2 is 2.17 bits per heavy atom. The highest BCUT2D eigenvalue weighted by atomic mass is 35.5. The predicted octanol–water partition coefficient (Wildman–Crippen LogP) is 4.24. The van der Waals surface area contributed by atoms with Crippen molar-refractivity contribution in [2.75, 3.05) is 6.61 Å². The van der Waals surface area contributed by atoms with Crippen molar-refractivity contribution in [1.82, 2.24) is 4.98 Å². The molecule has 1 rings (SSSR count). The van der Waals surface area contributed by atoms with Gasteiger partial charge in [0.25, 0.3) is 0 Å². The number of rotatable bonds is 3. The molecule has 0 atom stereocenters. The van der Waals surface area contributed by atoms with Gasteiger partial charge in [-0.25, -0.2) is 4.98 Å². The van der Waals surface area contributed by atoms with Crippen LogP contribution in [0.2, 0.25) is 10.2 Å². The number of hydrogen-bond donors (Lipinski definition) is 0. The lowest BCUT2D eigenvalue weighted by Crippen LogP contribution is -2.01. The minimum Gasteiger partial charge on any atom is -0.479 e. The first kappa shape index (κ1) is 15.5. The molecular weight excluding hydrogens is 311 g/mol. The number of aromatic nitrogens is 1. The van der Waals surface area contributed by atoms with E-state index in [2.05, 4.69) is 4.98 Å². The number of aryl methyl sites for hydroxylation is 1. The average molecular weight is 321 g/mol. The molecule has 96 valence electrons. The van der Waals surface area contributed by atoms with Gasteiger partial charge in [0.05, 0.1) is 27.8 Å². The molecule has 0 amide bonds. The van der Waals surface area contributed by atoms with Crippen molar-refractivity contribution >= 4 is 51.6 Å². The fourth-order valence-electron chi connectivity index (χ4n) is 1.22. The quantitative estimate of drug-likeness (QED) is 0.473.